The van der Waals surface area contributed by atoms with Gasteiger partial charge in [-0.25, -0.2) is 0 Å². The molecular formula is C13H19NO4. The molecule has 100 valence electrons. The van der Waals surface area contributed by atoms with E-state index in [0.717, 1.165) is 12.8 Å². The molecule has 0 aromatic heterocycles. The third kappa shape index (κ3) is 4.81. The number of nitrogens with zero attached hydrogens (tertiary/aromatic N) is 1. The summed E-state index contributed by atoms with van der Waals surface area (Å²) in [5.41, 5.74) is 0.589. The van der Waals surface area contributed by atoms with E-state index in [0.29, 0.717) is 12.0 Å². The summed E-state index contributed by atoms with van der Waals surface area (Å²) in [6.07, 6.45) is 2.19. The van der Waals surface area contributed by atoms with E-state index in [1.807, 2.05) is 0 Å². The van der Waals surface area contributed by atoms with Crippen LogP contribution in [0.3, 0.4) is 0 Å². The van der Waals surface area contributed by atoms with Crippen LogP contribution in [-0.4, -0.2) is 22.7 Å². The molecule has 0 aliphatic carbocycles. The van der Waals surface area contributed by atoms with Gasteiger partial charge >= 0.3 is 0 Å². The molecule has 0 aliphatic heterocycles. The Balaban J connectivity index is 2.41. The summed E-state index contributed by atoms with van der Waals surface area (Å²) in [6, 6.07) is 6.47. The lowest BCUT2D eigenvalue weighted by Crippen LogP contribution is -2.15. The third-order valence-electron chi connectivity index (χ3n) is 2.65. The van der Waals surface area contributed by atoms with Crippen LogP contribution >= 0.6 is 0 Å². The van der Waals surface area contributed by atoms with E-state index in [4.69, 9.17) is 4.74 Å². The fourth-order valence-electron chi connectivity index (χ4n) is 1.64. The summed E-state index contributed by atoms with van der Waals surface area (Å²) in [7, 11) is 0. The Labute approximate surface area is 107 Å². The van der Waals surface area contributed by atoms with E-state index in [9.17, 15) is 15.2 Å². The van der Waals surface area contributed by atoms with E-state index in [2.05, 4.69) is 6.92 Å². The largest absolute Gasteiger partial charge is 0.391 e. The molecular weight excluding hydrogens is 234 g/mol. The highest BCUT2D eigenvalue weighted by atomic mass is 16.6. The number of benzene rings is 1. The van der Waals surface area contributed by atoms with Crippen molar-refractivity contribution in [2.24, 2.45) is 0 Å². The van der Waals surface area contributed by atoms with E-state index >= 15 is 0 Å². The lowest BCUT2D eigenvalue weighted by molar-refractivity contribution is -0.386. The highest BCUT2D eigenvalue weighted by Crippen LogP contribution is 2.18. The molecule has 0 aliphatic rings. The molecule has 0 fully saturated rings. The average Bonchev–Trinajstić information content (AvgIpc) is 2.36. The van der Waals surface area contributed by atoms with Gasteiger partial charge in [0.15, 0.2) is 0 Å². The number of hydrogen-bond donors (Lipinski definition) is 1. The maximum Gasteiger partial charge on any atom is 0.274 e. The fourth-order valence-corrected chi connectivity index (χ4v) is 1.64. The summed E-state index contributed by atoms with van der Waals surface area (Å²) >= 11 is 0. The highest BCUT2D eigenvalue weighted by molar-refractivity contribution is 5.39. The predicted molar refractivity (Wildman–Crippen MR) is 68.3 cm³/mol. The third-order valence-corrected chi connectivity index (χ3v) is 2.65. The van der Waals surface area contributed by atoms with Crippen molar-refractivity contribution in [3.8, 4) is 0 Å². The van der Waals surface area contributed by atoms with Gasteiger partial charge in [-0.2, -0.15) is 0 Å². The SMILES string of the molecule is CCCC[C@H](O)COCc1ccccc1[N+](=O)[O-]. The van der Waals surface area contributed by atoms with Crippen molar-refractivity contribution in [2.75, 3.05) is 6.61 Å². The van der Waals surface area contributed by atoms with Crippen LogP contribution in [0, 0.1) is 10.1 Å². The van der Waals surface area contributed by atoms with Gasteiger partial charge in [0, 0.05) is 6.07 Å². The second kappa shape index (κ2) is 7.79. The van der Waals surface area contributed by atoms with Crippen LogP contribution < -0.4 is 0 Å². The zero-order chi connectivity index (χ0) is 13.4. The molecule has 5 heteroatoms. The summed E-state index contributed by atoms with van der Waals surface area (Å²) in [6.45, 7) is 2.42. The minimum Gasteiger partial charge on any atom is -0.391 e. The zero-order valence-electron chi connectivity index (χ0n) is 10.5. The van der Waals surface area contributed by atoms with Gasteiger partial charge in [-0.3, -0.25) is 10.1 Å². The van der Waals surface area contributed by atoms with Gasteiger partial charge in [0.25, 0.3) is 5.69 Å². The number of unbranched alkanes of at least 4 members (excludes halogenated alkanes) is 1. The number of aliphatic hydroxyl groups is 1. The first-order valence-corrected chi connectivity index (χ1v) is 6.13. The van der Waals surface area contributed by atoms with Gasteiger partial charge in [-0.1, -0.05) is 31.9 Å². The molecule has 0 spiro atoms. The van der Waals surface area contributed by atoms with Gasteiger partial charge in [0.05, 0.1) is 29.8 Å². The second-order valence-corrected chi connectivity index (χ2v) is 4.20. The molecule has 0 heterocycles. The number of nitro benzene ring substituents is 1. The normalized spacial score (nSPS) is 12.3. The fraction of sp³-hybridized carbons (Fsp3) is 0.538. The minimum absolute atomic E-state index is 0.0561. The zero-order valence-corrected chi connectivity index (χ0v) is 10.5. The van der Waals surface area contributed by atoms with Crippen LogP contribution in [0.4, 0.5) is 5.69 Å². The first kappa shape index (κ1) is 14.6. The van der Waals surface area contributed by atoms with E-state index < -0.39 is 11.0 Å². The van der Waals surface area contributed by atoms with Crippen LogP contribution in [-0.2, 0) is 11.3 Å². The quantitative estimate of drug-likeness (QED) is 0.571. The first-order chi connectivity index (χ1) is 8.65. The number of para-hydroxylation sites is 1. The Hall–Kier alpha value is -1.46. The smallest absolute Gasteiger partial charge is 0.274 e. The summed E-state index contributed by atoms with van der Waals surface area (Å²) in [5.74, 6) is 0. The molecule has 18 heavy (non-hydrogen) atoms. The van der Waals surface area contributed by atoms with E-state index in [1.165, 1.54) is 6.07 Å². The lowest BCUT2D eigenvalue weighted by Gasteiger charge is -2.10. The van der Waals surface area contributed by atoms with Crippen molar-refractivity contribution in [2.45, 2.75) is 38.9 Å². The van der Waals surface area contributed by atoms with Crippen molar-refractivity contribution < 1.29 is 14.8 Å². The maximum atomic E-state index is 10.8. The maximum absolute atomic E-state index is 10.8. The molecule has 1 aromatic rings. The molecule has 0 unspecified atom stereocenters. The van der Waals surface area contributed by atoms with Gasteiger partial charge < -0.3 is 9.84 Å². The van der Waals surface area contributed by atoms with Crippen molar-refractivity contribution in [3.05, 3.63) is 39.9 Å². The minimum atomic E-state index is -0.493. The Morgan fingerprint density at radius 1 is 1.44 bits per heavy atom. The van der Waals surface area contributed by atoms with Crippen molar-refractivity contribution in [1.82, 2.24) is 0 Å². The number of hydrogen-bond acceptors (Lipinski definition) is 4. The summed E-state index contributed by atoms with van der Waals surface area (Å²) < 4.78 is 5.31. The first-order valence-electron chi connectivity index (χ1n) is 6.13. The monoisotopic (exact) mass is 253 g/mol. The number of nitro groups is 1. The Bertz CT molecular complexity index is 381. The standard InChI is InChI=1S/C13H19NO4/c1-2-3-7-12(15)10-18-9-11-6-4-5-8-13(11)14(16)17/h4-6,8,12,15H,2-3,7,9-10H2,1H3/t12-/m0/s1. The van der Waals surface area contributed by atoms with Gasteiger partial charge in [-0.15, -0.1) is 0 Å². The van der Waals surface area contributed by atoms with Crippen LogP contribution in [0.25, 0.3) is 0 Å². The average molecular weight is 253 g/mol. The van der Waals surface area contributed by atoms with E-state index in [-0.39, 0.29) is 18.9 Å². The van der Waals surface area contributed by atoms with Crippen LogP contribution in [0.1, 0.15) is 31.7 Å². The molecule has 0 saturated carbocycles. The predicted octanol–water partition coefficient (Wildman–Crippen LogP) is 2.66. The Morgan fingerprint density at radius 3 is 2.83 bits per heavy atom. The van der Waals surface area contributed by atoms with Gasteiger partial charge in [-0.05, 0) is 12.5 Å². The lowest BCUT2D eigenvalue weighted by atomic mass is 10.2. The van der Waals surface area contributed by atoms with Crippen LogP contribution in [0.15, 0.2) is 24.3 Å². The van der Waals surface area contributed by atoms with Crippen LogP contribution in [0.5, 0.6) is 0 Å². The number of ether oxygens (including phenoxy) is 1. The molecule has 5 nitrogen and oxygen atoms in total. The summed E-state index contributed by atoms with van der Waals surface area (Å²) in [5, 5.41) is 20.3. The van der Waals surface area contributed by atoms with Gasteiger partial charge in [0.2, 0.25) is 0 Å². The summed E-state index contributed by atoms with van der Waals surface area (Å²) in [4.78, 5) is 10.3. The molecule has 0 bridgehead atoms. The van der Waals surface area contributed by atoms with E-state index in [1.54, 1.807) is 18.2 Å². The molecule has 1 rings (SSSR count). The molecule has 1 atom stereocenters. The highest BCUT2D eigenvalue weighted by Gasteiger charge is 2.12. The molecule has 1 N–H and O–H groups in total. The molecule has 0 saturated heterocycles. The van der Waals surface area contributed by atoms with Crippen molar-refractivity contribution in [3.63, 3.8) is 0 Å². The Kier molecular flexibility index (Phi) is 6.32. The topological polar surface area (TPSA) is 72.6 Å². The molecule has 0 radical (unpaired) electrons. The van der Waals surface area contributed by atoms with Gasteiger partial charge in [0.1, 0.15) is 0 Å². The molecule has 1 aromatic carbocycles. The number of rotatable bonds is 8. The Morgan fingerprint density at radius 2 is 2.17 bits per heavy atom. The second-order valence-electron chi connectivity index (χ2n) is 4.20. The number of aliphatic hydroxyl groups excluding tert-OH is 1. The van der Waals surface area contributed by atoms with Crippen LogP contribution in [0.2, 0.25) is 0 Å². The molecule has 0 amide bonds. The van der Waals surface area contributed by atoms with Crippen molar-refractivity contribution in [1.29, 1.82) is 0 Å². The van der Waals surface area contributed by atoms with Crippen molar-refractivity contribution >= 4 is 5.69 Å².